The topological polar surface area (TPSA) is 71.3 Å². The van der Waals surface area contributed by atoms with Crippen molar-refractivity contribution in [3.05, 3.63) is 34.9 Å². The van der Waals surface area contributed by atoms with E-state index < -0.39 is 0 Å². The number of halogens is 1. The largest absolute Gasteiger partial charge is 0.340 e. The van der Waals surface area contributed by atoms with Gasteiger partial charge in [0.2, 0.25) is 5.89 Å². The molecule has 1 aromatic carbocycles. The van der Waals surface area contributed by atoms with Gasteiger partial charge in [-0.05, 0) is 24.5 Å². The highest BCUT2D eigenvalue weighted by atomic mass is 35.5. The van der Waals surface area contributed by atoms with Crippen molar-refractivity contribution in [1.82, 2.24) is 15.0 Å². The van der Waals surface area contributed by atoms with E-state index in [1.54, 1.807) is 26.1 Å². The van der Waals surface area contributed by atoms with Crippen LogP contribution in [-0.2, 0) is 6.54 Å². The van der Waals surface area contributed by atoms with Gasteiger partial charge < -0.3 is 14.7 Å². The molecule has 0 saturated heterocycles. The Morgan fingerprint density at radius 1 is 1.52 bits per heavy atom. The number of nitrogens with one attached hydrogen (secondary N) is 1. The Labute approximate surface area is 131 Å². The third-order valence-electron chi connectivity index (χ3n) is 2.70. The molecule has 2 amide bonds. The van der Waals surface area contributed by atoms with Crippen LogP contribution in [0.15, 0.2) is 27.6 Å². The van der Waals surface area contributed by atoms with Crippen molar-refractivity contribution in [3.63, 3.8) is 0 Å². The minimum Gasteiger partial charge on any atom is -0.340 e. The Hall–Kier alpha value is -1.73. The average Bonchev–Trinajstić information content (AvgIpc) is 2.84. The van der Waals surface area contributed by atoms with Crippen molar-refractivity contribution < 1.29 is 9.32 Å². The second-order valence-corrected chi connectivity index (χ2v) is 5.64. The Balaban J connectivity index is 2.05. The van der Waals surface area contributed by atoms with Gasteiger partial charge in [-0.15, -0.1) is 11.8 Å². The van der Waals surface area contributed by atoms with Crippen LogP contribution in [0.2, 0.25) is 5.02 Å². The molecule has 21 heavy (non-hydrogen) atoms. The fourth-order valence-corrected chi connectivity index (χ4v) is 2.38. The molecule has 0 bridgehead atoms. The zero-order valence-electron chi connectivity index (χ0n) is 11.9. The number of hydrogen-bond donors (Lipinski definition) is 1. The highest BCUT2D eigenvalue weighted by Crippen LogP contribution is 2.28. The van der Waals surface area contributed by atoms with Crippen molar-refractivity contribution in [2.24, 2.45) is 0 Å². The summed E-state index contributed by atoms with van der Waals surface area (Å²) in [7, 11) is 1.66. The summed E-state index contributed by atoms with van der Waals surface area (Å²) in [6, 6.07) is 5.10. The van der Waals surface area contributed by atoms with Crippen LogP contribution in [0.1, 0.15) is 11.7 Å². The Morgan fingerprint density at radius 3 is 2.90 bits per heavy atom. The minimum atomic E-state index is -0.269. The third-order valence-corrected chi connectivity index (χ3v) is 3.73. The first kappa shape index (κ1) is 15.7. The zero-order chi connectivity index (χ0) is 15.4. The number of carbonyl (C=O) groups is 1. The fraction of sp³-hybridized carbons (Fsp3) is 0.308. The van der Waals surface area contributed by atoms with Gasteiger partial charge in [0, 0.05) is 23.9 Å². The van der Waals surface area contributed by atoms with Crippen LogP contribution in [0.4, 0.5) is 10.5 Å². The van der Waals surface area contributed by atoms with Crippen LogP contribution in [0, 0.1) is 6.92 Å². The molecule has 8 heteroatoms. The van der Waals surface area contributed by atoms with E-state index in [1.807, 2.05) is 12.3 Å². The van der Waals surface area contributed by atoms with E-state index >= 15 is 0 Å². The van der Waals surface area contributed by atoms with Gasteiger partial charge in [0.1, 0.15) is 0 Å². The van der Waals surface area contributed by atoms with Crippen LogP contribution in [0.3, 0.4) is 0 Å². The lowest BCUT2D eigenvalue weighted by Gasteiger charge is -2.17. The van der Waals surface area contributed by atoms with E-state index in [0.29, 0.717) is 22.4 Å². The molecule has 0 fully saturated rings. The van der Waals surface area contributed by atoms with Gasteiger partial charge in [0.25, 0.3) is 0 Å². The molecular weight excluding hydrogens is 312 g/mol. The van der Waals surface area contributed by atoms with E-state index in [-0.39, 0.29) is 12.6 Å². The number of anilines is 1. The molecule has 2 rings (SSSR count). The summed E-state index contributed by atoms with van der Waals surface area (Å²) in [5, 5.41) is 7.15. The van der Waals surface area contributed by atoms with Crippen LogP contribution >= 0.6 is 23.4 Å². The zero-order valence-corrected chi connectivity index (χ0v) is 13.5. The molecule has 0 aliphatic rings. The summed E-state index contributed by atoms with van der Waals surface area (Å²) in [6.07, 6.45) is 1.94. The lowest BCUT2D eigenvalue weighted by atomic mass is 10.3. The molecule has 0 saturated carbocycles. The summed E-state index contributed by atoms with van der Waals surface area (Å²) in [6.45, 7) is 1.96. The summed E-state index contributed by atoms with van der Waals surface area (Å²) < 4.78 is 4.88. The van der Waals surface area contributed by atoms with Gasteiger partial charge in [-0.1, -0.05) is 16.8 Å². The Bertz CT molecular complexity index is 647. The minimum absolute atomic E-state index is 0.262. The second kappa shape index (κ2) is 6.82. The van der Waals surface area contributed by atoms with E-state index in [0.717, 1.165) is 4.90 Å². The van der Waals surface area contributed by atoms with Crippen molar-refractivity contribution >= 4 is 35.1 Å². The van der Waals surface area contributed by atoms with Gasteiger partial charge >= 0.3 is 6.03 Å². The summed E-state index contributed by atoms with van der Waals surface area (Å²) >= 11 is 7.50. The van der Waals surface area contributed by atoms with Crippen molar-refractivity contribution in [3.8, 4) is 0 Å². The molecule has 112 valence electrons. The number of aryl methyl sites for hydroxylation is 1. The second-order valence-electron chi connectivity index (χ2n) is 4.36. The normalized spacial score (nSPS) is 10.5. The molecule has 1 heterocycles. The first-order valence-electron chi connectivity index (χ1n) is 6.14. The maximum atomic E-state index is 12.2. The van der Waals surface area contributed by atoms with Gasteiger partial charge in [-0.2, -0.15) is 4.98 Å². The number of benzene rings is 1. The van der Waals surface area contributed by atoms with E-state index in [9.17, 15) is 4.79 Å². The van der Waals surface area contributed by atoms with Crippen molar-refractivity contribution in [2.45, 2.75) is 18.4 Å². The highest BCUT2D eigenvalue weighted by molar-refractivity contribution is 7.98. The number of hydrogen-bond acceptors (Lipinski definition) is 5. The highest BCUT2D eigenvalue weighted by Gasteiger charge is 2.14. The number of nitrogens with zero attached hydrogens (tertiary/aromatic N) is 3. The van der Waals surface area contributed by atoms with Gasteiger partial charge in [-0.25, -0.2) is 4.79 Å². The first-order valence-corrected chi connectivity index (χ1v) is 7.74. The summed E-state index contributed by atoms with van der Waals surface area (Å²) in [4.78, 5) is 18.7. The predicted octanol–water partition coefficient (Wildman–Crippen LogP) is 3.42. The average molecular weight is 327 g/mol. The number of aromatic nitrogens is 2. The quantitative estimate of drug-likeness (QED) is 0.872. The number of amides is 2. The fourth-order valence-electron chi connectivity index (χ4n) is 1.68. The van der Waals surface area contributed by atoms with Crippen LogP contribution in [0.25, 0.3) is 0 Å². The molecule has 0 spiro atoms. The molecule has 2 aromatic rings. The molecule has 1 aromatic heterocycles. The Kier molecular flexibility index (Phi) is 5.08. The van der Waals surface area contributed by atoms with E-state index in [1.165, 1.54) is 16.7 Å². The Morgan fingerprint density at radius 2 is 2.29 bits per heavy atom. The van der Waals surface area contributed by atoms with Gasteiger partial charge in [-0.3, -0.25) is 0 Å². The number of rotatable bonds is 4. The molecule has 0 aliphatic heterocycles. The van der Waals surface area contributed by atoms with Crippen molar-refractivity contribution in [1.29, 1.82) is 0 Å². The molecule has 0 unspecified atom stereocenters. The SMILES string of the molecule is CSc1ccc(Cl)cc1NC(=O)N(C)Cc1noc(C)n1. The van der Waals surface area contributed by atoms with E-state index in [2.05, 4.69) is 15.5 Å². The molecule has 0 aliphatic carbocycles. The van der Waals surface area contributed by atoms with Crippen LogP contribution in [-0.4, -0.2) is 34.4 Å². The lowest BCUT2D eigenvalue weighted by Crippen LogP contribution is -2.31. The summed E-state index contributed by atoms with van der Waals surface area (Å²) in [5.74, 6) is 0.930. The predicted molar refractivity (Wildman–Crippen MR) is 82.8 cm³/mol. The number of urea groups is 1. The van der Waals surface area contributed by atoms with Gasteiger partial charge in [0.05, 0.1) is 12.2 Å². The molecule has 6 nitrogen and oxygen atoms in total. The molecular formula is C13H15ClN4O2S. The van der Waals surface area contributed by atoms with E-state index in [4.69, 9.17) is 16.1 Å². The van der Waals surface area contributed by atoms with Crippen LogP contribution < -0.4 is 5.32 Å². The molecule has 0 radical (unpaired) electrons. The monoisotopic (exact) mass is 326 g/mol. The molecule has 0 atom stereocenters. The maximum Gasteiger partial charge on any atom is 0.322 e. The van der Waals surface area contributed by atoms with Gasteiger partial charge in [0.15, 0.2) is 5.82 Å². The van der Waals surface area contributed by atoms with Crippen molar-refractivity contribution in [2.75, 3.05) is 18.6 Å². The number of thioether (sulfide) groups is 1. The summed E-state index contributed by atoms with van der Waals surface area (Å²) in [5.41, 5.74) is 0.677. The smallest absolute Gasteiger partial charge is 0.322 e. The maximum absolute atomic E-state index is 12.2. The molecule has 1 N–H and O–H groups in total. The standard InChI is InChI=1S/C13H15ClN4O2S/c1-8-15-12(17-20-8)7-18(2)13(19)16-10-6-9(14)4-5-11(10)21-3/h4-6H,7H2,1-3H3,(H,16,19). The van der Waals surface area contributed by atoms with Crippen LogP contribution in [0.5, 0.6) is 0 Å². The number of carbonyl (C=O) groups excluding carboxylic acids is 1. The lowest BCUT2D eigenvalue weighted by molar-refractivity contribution is 0.219. The third kappa shape index (κ3) is 4.12. The first-order chi connectivity index (χ1) is 9.99.